The molecule has 2 aromatic rings. The van der Waals surface area contributed by atoms with Crippen LogP contribution >= 0.6 is 11.3 Å². The van der Waals surface area contributed by atoms with Gasteiger partial charge >= 0.3 is 5.97 Å². The normalized spacial score (nSPS) is 10.0. The maximum Gasteiger partial charge on any atom is 0.355 e. The number of nitro benzene ring substituents is 1. The monoisotopic (exact) mass is 265 g/mol. The lowest BCUT2D eigenvalue weighted by Crippen LogP contribution is -1.97. The van der Waals surface area contributed by atoms with E-state index in [0.717, 1.165) is 11.3 Å². The number of nitrogens with one attached hydrogen (secondary N) is 1. The summed E-state index contributed by atoms with van der Waals surface area (Å²) in [5.41, 5.74) is 0.558. The Labute approximate surface area is 105 Å². The van der Waals surface area contributed by atoms with Gasteiger partial charge in [-0.15, -0.1) is 11.3 Å². The van der Waals surface area contributed by atoms with Gasteiger partial charge in [-0.25, -0.2) is 9.78 Å². The molecule has 0 unspecified atom stereocenters. The second-order valence-electron chi connectivity index (χ2n) is 3.27. The number of nitro groups is 1. The maximum absolute atomic E-state index is 10.6. The number of hydrogen-bond donors (Lipinski definition) is 2. The SMILES string of the molecule is O=C(O)c1csc(Nc2ccc([N+](=O)[O-])cc2)n1. The van der Waals surface area contributed by atoms with Crippen molar-refractivity contribution in [3.8, 4) is 0 Å². The van der Waals surface area contributed by atoms with Crippen molar-refractivity contribution in [1.29, 1.82) is 0 Å². The lowest BCUT2D eigenvalue weighted by molar-refractivity contribution is -0.384. The standard InChI is InChI=1S/C10H7N3O4S/c14-9(15)8-5-18-10(12-8)11-6-1-3-7(4-2-6)13(16)17/h1-5H,(H,11,12)(H,14,15). The van der Waals surface area contributed by atoms with E-state index in [2.05, 4.69) is 10.3 Å². The molecule has 0 aliphatic carbocycles. The van der Waals surface area contributed by atoms with Gasteiger partial charge in [0.05, 0.1) is 4.92 Å². The van der Waals surface area contributed by atoms with Gasteiger partial charge in [-0.3, -0.25) is 10.1 Å². The van der Waals surface area contributed by atoms with Gasteiger partial charge in [0.1, 0.15) is 0 Å². The summed E-state index contributed by atoms with van der Waals surface area (Å²) in [6, 6.07) is 5.77. The van der Waals surface area contributed by atoms with Crippen LogP contribution in [0.2, 0.25) is 0 Å². The first-order chi connectivity index (χ1) is 8.56. The number of rotatable bonds is 4. The van der Waals surface area contributed by atoms with Gasteiger partial charge in [0.2, 0.25) is 0 Å². The highest BCUT2D eigenvalue weighted by atomic mass is 32.1. The van der Waals surface area contributed by atoms with Crippen molar-refractivity contribution < 1.29 is 14.8 Å². The molecule has 92 valence electrons. The Morgan fingerprint density at radius 2 is 2.06 bits per heavy atom. The number of nitrogens with zero attached hydrogens (tertiary/aromatic N) is 2. The Morgan fingerprint density at radius 1 is 1.39 bits per heavy atom. The number of aromatic nitrogens is 1. The van der Waals surface area contributed by atoms with Crippen molar-refractivity contribution >= 4 is 33.8 Å². The number of carboxylic acids is 1. The Bertz CT molecular complexity index is 593. The van der Waals surface area contributed by atoms with Crippen molar-refractivity contribution in [2.45, 2.75) is 0 Å². The molecule has 7 nitrogen and oxygen atoms in total. The predicted octanol–water partition coefficient (Wildman–Crippen LogP) is 2.49. The highest BCUT2D eigenvalue weighted by Gasteiger charge is 2.09. The molecule has 1 aromatic carbocycles. The van der Waals surface area contributed by atoms with E-state index in [-0.39, 0.29) is 11.4 Å². The van der Waals surface area contributed by atoms with Gasteiger partial charge in [0.25, 0.3) is 5.69 Å². The molecule has 0 fully saturated rings. The van der Waals surface area contributed by atoms with Crippen molar-refractivity contribution in [2.24, 2.45) is 0 Å². The van der Waals surface area contributed by atoms with E-state index in [1.165, 1.54) is 29.6 Å². The lowest BCUT2D eigenvalue weighted by atomic mass is 10.3. The van der Waals surface area contributed by atoms with E-state index in [0.29, 0.717) is 10.8 Å². The first-order valence-corrected chi connectivity index (χ1v) is 5.64. The number of carboxylic acid groups (broad SMARTS) is 1. The topological polar surface area (TPSA) is 105 Å². The maximum atomic E-state index is 10.6. The molecule has 0 amide bonds. The summed E-state index contributed by atoms with van der Waals surface area (Å²) >= 11 is 1.15. The molecule has 0 aliphatic heterocycles. The highest BCUT2D eigenvalue weighted by Crippen LogP contribution is 2.22. The third kappa shape index (κ3) is 2.61. The summed E-state index contributed by atoms with van der Waals surface area (Å²) < 4.78 is 0. The second-order valence-corrected chi connectivity index (χ2v) is 4.13. The summed E-state index contributed by atoms with van der Waals surface area (Å²) in [4.78, 5) is 24.4. The lowest BCUT2D eigenvalue weighted by Gasteiger charge is -2.01. The number of carbonyl (C=O) groups is 1. The van der Waals surface area contributed by atoms with E-state index in [1.807, 2.05) is 0 Å². The smallest absolute Gasteiger partial charge is 0.355 e. The van der Waals surface area contributed by atoms with Crippen LogP contribution in [0.4, 0.5) is 16.5 Å². The molecule has 2 N–H and O–H groups in total. The average Bonchev–Trinajstić information content (AvgIpc) is 2.78. The summed E-state index contributed by atoms with van der Waals surface area (Å²) in [5.74, 6) is -1.09. The Balaban J connectivity index is 2.13. The minimum atomic E-state index is -1.09. The van der Waals surface area contributed by atoms with E-state index < -0.39 is 10.9 Å². The van der Waals surface area contributed by atoms with Crippen LogP contribution in [-0.4, -0.2) is 21.0 Å². The number of aromatic carboxylic acids is 1. The number of non-ortho nitro benzene ring substituents is 1. The van der Waals surface area contributed by atoms with Gasteiger partial charge in [-0.05, 0) is 12.1 Å². The number of hydrogen-bond acceptors (Lipinski definition) is 6. The molecule has 18 heavy (non-hydrogen) atoms. The molecular formula is C10H7N3O4S. The molecule has 1 heterocycles. The summed E-state index contributed by atoms with van der Waals surface area (Å²) in [5, 5.41) is 23.9. The summed E-state index contributed by atoms with van der Waals surface area (Å²) in [7, 11) is 0. The first kappa shape index (κ1) is 12.0. The molecule has 0 bridgehead atoms. The third-order valence-corrected chi connectivity index (χ3v) is 2.81. The largest absolute Gasteiger partial charge is 0.476 e. The molecule has 0 spiro atoms. The van der Waals surface area contributed by atoms with E-state index in [1.54, 1.807) is 0 Å². The van der Waals surface area contributed by atoms with Crippen molar-refractivity contribution in [3.05, 3.63) is 45.5 Å². The van der Waals surface area contributed by atoms with Crippen LogP contribution in [0.15, 0.2) is 29.6 Å². The second kappa shape index (κ2) is 4.80. The molecule has 0 radical (unpaired) electrons. The van der Waals surface area contributed by atoms with Crippen LogP contribution in [0.3, 0.4) is 0 Å². The zero-order valence-corrected chi connectivity index (χ0v) is 9.68. The Hall–Kier alpha value is -2.48. The fraction of sp³-hybridized carbons (Fsp3) is 0. The average molecular weight is 265 g/mol. The Kier molecular flexibility index (Phi) is 3.20. The molecule has 8 heteroatoms. The fourth-order valence-corrected chi connectivity index (χ4v) is 1.92. The minimum absolute atomic E-state index is 0.00841. The number of anilines is 2. The van der Waals surface area contributed by atoms with Crippen LogP contribution in [0.1, 0.15) is 10.5 Å². The molecule has 0 aliphatic rings. The number of benzene rings is 1. The van der Waals surface area contributed by atoms with Gasteiger partial charge in [-0.1, -0.05) is 0 Å². The van der Waals surface area contributed by atoms with Crippen LogP contribution < -0.4 is 5.32 Å². The molecular weight excluding hydrogens is 258 g/mol. The Morgan fingerprint density at radius 3 is 2.56 bits per heavy atom. The van der Waals surface area contributed by atoms with Crippen LogP contribution in [0.5, 0.6) is 0 Å². The molecule has 0 saturated heterocycles. The zero-order chi connectivity index (χ0) is 13.1. The van der Waals surface area contributed by atoms with Crippen molar-refractivity contribution in [1.82, 2.24) is 4.98 Å². The van der Waals surface area contributed by atoms with Gasteiger partial charge < -0.3 is 10.4 Å². The van der Waals surface area contributed by atoms with Gasteiger partial charge in [0.15, 0.2) is 10.8 Å². The van der Waals surface area contributed by atoms with E-state index in [9.17, 15) is 14.9 Å². The molecule has 0 saturated carbocycles. The molecule has 2 rings (SSSR count). The van der Waals surface area contributed by atoms with Crippen molar-refractivity contribution in [3.63, 3.8) is 0 Å². The van der Waals surface area contributed by atoms with Crippen LogP contribution in [-0.2, 0) is 0 Å². The van der Waals surface area contributed by atoms with Crippen LogP contribution in [0.25, 0.3) is 0 Å². The highest BCUT2D eigenvalue weighted by molar-refractivity contribution is 7.14. The quantitative estimate of drug-likeness (QED) is 0.649. The zero-order valence-electron chi connectivity index (χ0n) is 8.86. The van der Waals surface area contributed by atoms with Crippen molar-refractivity contribution in [2.75, 3.05) is 5.32 Å². The van der Waals surface area contributed by atoms with Gasteiger partial charge in [-0.2, -0.15) is 0 Å². The fourth-order valence-electron chi connectivity index (χ4n) is 1.22. The molecule has 0 atom stereocenters. The van der Waals surface area contributed by atoms with Crippen LogP contribution in [0, 0.1) is 10.1 Å². The first-order valence-electron chi connectivity index (χ1n) is 4.76. The summed E-state index contributed by atoms with van der Waals surface area (Å²) in [6.07, 6.45) is 0. The van der Waals surface area contributed by atoms with E-state index in [4.69, 9.17) is 5.11 Å². The third-order valence-electron chi connectivity index (χ3n) is 2.05. The predicted molar refractivity (Wildman–Crippen MR) is 65.5 cm³/mol. The van der Waals surface area contributed by atoms with Gasteiger partial charge in [0, 0.05) is 23.2 Å². The minimum Gasteiger partial charge on any atom is -0.476 e. The summed E-state index contributed by atoms with van der Waals surface area (Å²) in [6.45, 7) is 0. The molecule has 1 aromatic heterocycles. The number of thiazole rings is 1. The van der Waals surface area contributed by atoms with E-state index >= 15 is 0 Å².